The number of pyridine rings is 1. The highest BCUT2D eigenvalue weighted by Gasteiger charge is 2.30. The number of rotatable bonds is 5. The van der Waals surface area contributed by atoms with Crippen LogP contribution in [0.25, 0.3) is 11.1 Å². The van der Waals surface area contributed by atoms with E-state index in [0.717, 1.165) is 23.9 Å². The van der Waals surface area contributed by atoms with Gasteiger partial charge in [-0.2, -0.15) is 5.10 Å². The van der Waals surface area contributed by atoms with E-state index in [0.29, 0.717) is 24.2 Å². The zero-order valence-electron chi connectivity index (χ0n) is 17.8. The number of benzene rings is 1. The van der Waals surface area contributed by atoms with Crippen molar-refractivity contribution in [1.82, 2.24) is 19.7 Å². The SMILES string of the molecule is CC1c2nc(C(N)=O)cc(-c3ccc(F)cc3F)c2CCN1Cc1ccnn1C(C)C. The predicted molar refractivity (Wildman–Crippen MR) is 113 cm³/mol. The summed E-state index contributed by atoms with van der Waals surface area (Å²) in [6, 6.07) is 7.07. The lowest BCUT2D eigenvalue weighted by molar-refractivity contribution is 0.0994. The zero-order valence-corrected chi connectivity index (χ0v) is 17.8. The number of carbonyl (C=O) groups excluding carboxylic acids is 1. The van der Waals surface area contributed by atoms with Crippen LogP contribution in [0.2, 0.25) is 0 Å². The lowest BCUT2D eigenvalue weighted by Crippen LogP contribution is -2.36. The van der Waals surface area contributed by atoms with Gasteiger partial charge in [0.2, 0.25) is 0 Å². The van der Waals surface area contributed by atoms with Gasteiger partial charge in [-0.15, -0.1) is 0 Å². The number of carbonyl (C=O) groups is 1. The Hall–Kier alpha value is -3.13. The molecule has 1 aliphatic rings. The number of hydrogen-bond acceptors (Lipinski definition) is 4. The second-order valence-electron chi connectivity index (χ2n) is 8.16. The lowest BCUT2D eigenvalue weighted by atomic mass is 9.89. The maximum Gasteiger partial charge on any atom is 0.267 e. The Balaban J connectivity index is 1.76. The second kappa shape index (κ2) is 8.19. The molecule has 2 N–H and O–H groups in total. The molecule has 0 saturated heterocycles. The Morgan fingerprint density at radius 3 is 2.68 bits per heavy atom. The number of aromatic nitrogens is 3. The van der Waals surface area contributed by atoms with Crippen molar-refractivity contribution in [2.45, 2.75) is 45.8 Å². The molecule has 3 heterocycles. The van der Waals surface area contributed by atoms with Crippen molar-refractivity contribution in [2.75, 3.05) is 6.54 Å². The zero-order chi connectivity index (χ0) is 22.3. The van der Waals surface area contributed by atoms with Crippen molar-refractivity contribution < 1.29 is 13.6 Å². The van der Waals surface area contributed by atoms with Crippen LogP contribution in [-0.2, 0) is 13.0 Å². The van der Waals surface area contributed by atoms with E-state index in [4.69, 9.17) is 5.73 Å². The maximum absolute atomic E-state index is 14.6. The van der Waals surface area contributed by atoms with Gasteiger partial charge in [-0.3, -0.25) is 14.4 Å². The minimum Gasteiger partial charge on any atom is -0.364 e. The molecular weight excluding hydrogens is 400 g/mol. The van der Waals surface area contributed by atoms with E-state index in [1.54, 1.807) is 6.20 Å². The highest BCUT2D eigenvalue weighted by Crippen LogP contribution is 2.37. The Morgan fingerprint density at radius 1 is 1.23 bits per heavy atom. The van der Waals surface area contributed by atoms with Gasteiger partial charge in [-0.05, 0) is 62.6 Å². The molecule has 31 heavy (non-hydrogen) atoms. The van der Waals surface area contributed by atoms with Gasteiger partial charge in [0.15, 0.2) is 0 Å². The van der Waals surface area contributed by atoms with Gasteiger partial charge in [-0.25, -0.2) is 13.8 Å². The largest absolute Gasteiger partial charge is 0.364 e. The van der Waals surface area contributed by atoms with E-state index in [1.165, 1.54) is 18.2 Å². The predicted octanol–water partition coefficient (Wildman–Crippen LogP) is 4.02. The first kappa shape index (κ1) is 21.1. The van der Waals surface area contributed by atoms with E-state index >= 15 is 0 Å². The van der Waals surface area contributed by atoms with Crippen LogP contribution in [0, 0.1) is 11.6 Å². The molecule has 6 nitrogen and oxygen atoms in total. The van der Waals surface area contributed by atoms with Crippen LogP contribution in [0.5, 0.6) is 0 Å². The third-order valence-corrected chi connectivity index (χ3v) is 5.83. The molecule has 1 aromatic carbocycles. The summed E-state index contributed by atoms with van der Waals surface area (Å²) < 4.78 is 30.0. The van der Waals surface area contributed by atoms with Crippen LogP contribution in [0.3, 0.4) is 0 Å². The summed E-state index contributed by atoms with van der Waals surface area (Å²) in [4.78, 5) is 18.7. The minimum absolute atomic E-state index is 0.0680. The Labute approximate surface area is 179 Å². The molecule has 0 spiro atoms. The molecule has 0 radical (unpaired) electrons. The van der Waals surface area contributed by atoms with E-state index in [2.05, 4.69) is 28.8 Å². The minimum atomic E-state index is -0.686. The summed E-state index contributed by atoms with van der Waals surface area (Å²) in [5.74, 6) is -2.02. The van der Waals surface area contributed by atoms with Crippen LogP contribution >= 0.6 is 0 Å². The molecule has 8 heteroatoms. The molecule has 1 unspecified atom stereocenters. The monoisotopic (exact) mass is 425 g/mol. The first-order valence-corrected chi connectivity index (χ1v) is 10.3. The number of primary amides is 1. The van der Waals surface area contributed by atoms with Gasteiger partial charge in [0.25, 0.3) is 5.91 Å². The number of amides is 1. The molecule has 3 aromatic rings. The van der Waals surface area contributed by atoms with Crippen LogP contribution in [0.4, 0.5) is 8.78 Å². The van der Waals surface area contributed by atoms with Crippen molar-refractivity contribution in [2.24, 2.45) is 5.73 Å². The third kappa shape index (κ3) is 3.95. The van der Waals surface area contributed by atoms with Crippen LogP contribution in [-0.4, -0.2) is 32.1 Å². The fourth-order valence-corrected chi connectivity index (χ4v) is 4.25. The van der Waals surface area contributed by atoms with Gasteiger partial charge < -0.3 is 5.73 Å². The molecule has 1 aliphatic heterocycles. The molecule has 0 aliphatic carbocycles. The fraction of sp³-hybridized carbons (Fsp3) is 0.348. The van der Waals surface area contributed by atoms with E-state index < -0.39 is 17.5 Å². The Bertz CT molecular complexity index is 1140. The van der Waals surface area contributed by atoms with Crippen molar-refractivity contribution in [1.29, 1.82) is 0 Å². The normalized spacial score (nSPS) is 16.5. The summed E-state index contributed by atoms with van der Waals surface area (Å²) in [7, 11) is 0. The molecule has 1 atom stereocenters. The molecule has 162 valence electrons. The molecule has 0 saturated carbocycles. The number of nitrogens with two attached hydrogens (primary N) is 1. The smallest absolute Gasteiger partial charge is 0.267 e. The molecule has 1 amide bonds. The molecule has 0 fully saturated rings. The van der Waals surface area contributed by atoms with Gasteiger partial charge in [-0.1, -0.05) is 0 Å². The van der Waals surface area contributed by atoms with Crippen molar-refractivity contribution >= 4 is 5.91 Å². The summed E-state index contributed by atoms with van der Waals surface area (Å²) in [5.41, 5.74) is 8.99. The first-order valence-electron chi connectivity index (χ1n) is 10.3. The van der Waals surface area contributed by atoms with Crippen LogP contribution in [0.15, 0.2) is 36.5 Å². The molecule has 2 aromatic heterocycles. The first-order chi connectivity index (χ1) is 14.8. The Morgan fingerprint density at radius 2 is 2.00 bits per heavy atom. The second-order valence-corrected chi connectivity index (χ2v) is 8.16. The van der Waals surface area contributed by atoms with E-state index in [-0.39, 0.29) is 23.3 Å². The summed E-state index contributed by atoms with van der Waals surface area (Å²) in [5, 5.41) is 4.40. The van der Waals surface area contributed by atoms with Gasteiger partial charge >= 0.3 is 0 Å². The summed E-state index contributed by atoms with van der Waals surface area (Å²) in [6.07, 6.45) is 2.41. The highest BCUT2D eigenvalue weighted by molar-refractivity contribution is 5.92. The van der Waals surface area contributed by atoms with Crippen LogP contribution < -0.4 is 5.73 Å². The summed E-state index contributed by atoms with van der Waals surface area (Å²) in [6.45, 7) is 7.56. The highest BCUT2D eigenvalue weighted by atomic mass is 19.1. The number of nitrogens with zero attached hydrogens (tertiary/aromatic N) is 4. The maximum atomic E-state index is 14.6. The van der Waals surface area contributed by atoms with Gasteiger partial charge in [0.1, 0.15) is 17.3 Å². The van der Waals surface area contributed by atoms with E-state index in [9.17, 15) is 13.6 Å². The molecule has 4 rings (SSSR count). The number of halogens is 2. The topological polar surface area (TPSA) is 77.0 Å². The third-order valence-electron chi connectivity index (χ3n) is 5.83. The lowest BCUT2D eigenvalue weighted by Gasteiger charge is -2.35. The van der Waals surface area contributed by atoms with E-state index in [1.807, 2.05) is 17.7 Å². The number of fused-ring (bicyclic) bond motifs is 1. The van der Waals surface area contributed by atoms with Crippen molar-refractivity contribution in [3.8, 4) is 11.1 Å². The van der Waals surface area contributed by atoms with Crippen LogP contribution in [0.1, 0.15) is 60.3 Å². The summed E-state index contributed by atoms with van der Waals surface area (Å²) >= 11 is 0. The molecule has 0 bridgehead atoms. The van der Waals surface area contributed by atoms with Crippen molar-refractivity contribution in [3.63, 3.8) is 0 Å². The quantitative estimate of drug-likeness (QED) is 0.670. The Kier molecular flexibility index (Phi) is 5.58. The average Bonchev–Trinajstić information content (AvgIpc) is 3.18. The van der Waals surface area contributed by atoms with Gasteiger partial charge in [0, 0.05) is 43.0 Å². The van der Waals surface area contributed by atoms with Gasteiger partial charge in [0.05, 0.1) is 11.4 Å². The fourth-order valence-electron chi connectivity index (χ4n) is 4.25. The standard InChI is InChI=1S/C23H25F2N5O/c1-13(2)30-16(6-8-27-30)12-29-9-7-18-19(17-5-4-15(24)10-20(17)25)11-21(23(26)31)28-22(18)14(29)3/h4-6,8,10-11,13-14H,7,9,12H2,1-3H3,(H2,26,31). The number of hydrogen-bond donors (Lipinski definition) is 1. The van der Waals surface area contributed by atoms with Crippen molar-refractivity contribution in [3.05, 3.63) is 70.8 Å². The molecular formula is C23H25F2N5O. The average molecular weight is 425 g/mol.